The molecule has 0 aliphatic rings. The molecule has 0 unspecified atom stereocenters. The maximum absolute atomic E-state index is 6.92. The maximum atomic E-state index is 6.92. The average Bonchev–Trinajstić information content (AvgIpc) is 3.58. The van der Waals surface area contributed by atoms with Crippen molar-refractivity contribution in [1.82, 2.24) is 0 Å². The number of fused-ring (bicyclic) bond motifs is 6. The van der Waals surface area contributed by atoms with Crippen LogP contribution in [0.25, 0.3) is 130 Å². The molecule has 13 rings (SSSR count). The van der Waals surface area contributed by atoms with Crippen molar-refractivity contribution >= 4 is 108 Å². The van der Waals surface area contributed by atoms with Crippen LogP contribution < -0.4 is 0 Å². The second-order valence-corrected chi connectivity index (χ2v) is 14.8. The van der Waals surface area contributed by atoms with Crippen LogP contribution in [0.4, 0.5) is 0 Å². The molecule has 1 heterocycles. The van der Waals surface area contributed by atoms with Crippen LogP contribution in [-0.4, -0.2) is 0 Å². The van der Waals surface area contributed by atoms with Crippen LogP contribution >= 0.6 is 0 Å². The van der Waals surface area contributed by atoms with Gasteiger partial charge in [0.25, 0.3) is 0 Å². The van der Waals surface area contributed by atoms with Crippen LogP contribution in [0, 0.1) is 0 Å². The summed E-state index contributed by atoms with van der Waals surface area (Å²) in [5.41, 5.74) is 6.73. The molecule has 12 aromatic carbocycles. The van der Waals surface area contributed by atoms with Gasteiger partial charge in [-0.2, -0.15) is 0 Å². The van der Waals surface area contributed by atoms with E-state index in [1.165, 1.54) is 103 Å². The molecule has 1 nitrogen and oxygen atoms in total. The topological polar surface area (TPSA) is 13.1 Å². The molecule has 1 aromatic heterocycles. The predicted octanol–water partition coefficient (Wildman–Crippen LogP) is 15.0. The summed E-state index contributed by atoms with van der Waals surface area (Å²) in [6.07, 6.45) is 0. The molecule has 0 saturated carbocycles. The van der Waals surface area contributed by atoms with Gasteiger partial charge in [0, 0.05) is 16.2 Å². The third-order valence-corrected chi connectivity index (χ3v) is 12.1. The van der Waals surface area contributed by atoms with Crippen LogP contribution in [0.2, 0.25) is 0 Å². The van der Waals surface area contributed by atoms with Crippen molar-refractivity contribution in [2.75, 3.05) is 0 Å². The monoisotopic (exact) mass is 668 g/mol. The number of rotatable bonds is 2. The minimum atomic E-state index is 0.920. The van der Waals surface area contributed by atoms with Crippen molar-refractivity contribution < 1.29 is 4.42 Å². The SMILES string of the molecule is c1ccc2cc3c(cc2c1)oc1c2cc(-c4ccc5ccc6cccc7ccc4c5c67)cc(-c4ccc5ccc6cccc7ccc4c5c67)c2ccc31. The first-order valence-corrected chi connectivity index (χ1v) is 18.4. The van der Waals surface area contributed by atoms with Gasteiger partial charge in [0.05, 0.1) is 0 Å². The fraction of sp³-hybridized carbons (Fsp3) is 0. The van der Waals surface area contributed by atoms with E-state index in [9.17, 15) is 0 Å². The molecule has 0 aliphatic heterocycles. The zero-order valence-electron chi connectivity index (χ0n) is 28.6. The fourth-order valence-corrected chi connectivity index (χ4v) is 9.69. The number of hydrogen-bond donors (Lipinski definition) is 0. The van der Waals surface area contributed by atoms with Crippen LogP contribution in [-0.2, 0) is 0 Å². The lowest BCUT2D eigenvalue weighted by molar-refractivity contribution is 0.673. The Hall–Kier alpha value is -6.96. The first-order chi connectivity index (χ1) is 26.2. The summed E-state index contributed by atoms with van der Waals surface area (Å²) >= 11 is 0. The Morgan fingerprint density at radius 2 is 0.755 bits per heavy atom. The van der Waals surface area contributed by atoms with Crippen molar-refractivity contribution in [2.45, 2.75) is 0 Å². The highest BCUT2D eigenvalue weighted by molar-refractivity contribution is 6.29. The zero-order chi connectivity index (χ0) is 34.4. The van der Waals surface area contributed by atoms with Gasteiger partial charge in [-0.15, -0.1) is 0 Å². The molecule has 0 bridgehead atoms. The lowest BCUT2D eigenvalue weighted by Gasteiger charge is -2.18. The molecule has 0 amide bonds. The summed E-state index contributed by atoms with van der Waals surface area (Å²) in [6.45, 7) is 0. The average molecular weight is 669 g/mol. The normalized spacial score (nSPS) is 12.5. The largest absolute Gasteiger partial charge is 0.455 e. The van der Waals surface area contributed by atoms with E-state index >= 15 is 0 Å². The van der Waals surface area contributed by atoms with Crippen molar-refractivity contribution in [3.05, 3.63) is 170 Å². The van der Waals surface area contributed by atoms with Gasteiger partial charge in [-0.25, -0.2) is 0 Å². The lowest BCUT2D eigenvalue weighted by Crippen LogP contribution is -1.91. The van der Waals surface area contributed by atoms with Gasteiger partial charge in [0.1, 0.15) is 11.2 Å². The molecule has 0 saturated heterocycles. The molecule has 0 N–H and O–H groups in total. The van der Waals surface area contributed by atoms with Gasteiger partial charge in [0.2, 0.25) is 0 Å². The van der Waals surface area contributed by atoms with E-state index in [-0.39, 0.29) is 0 Å². The molecule has 0 spiro atoms. The van der Waals surface area contributed by atoms with E-state index in [2.05, 4.69) is 170 Å². The first kappa shape index (κ1) is 27.7. The Labute approximate surface area is 303 Å². The van der Waals surface area contributed by atoms with E-state index in [0.29, 0.717) is 0 Å². The maximum Gasteiger partial charge on any atom is 0.143 e. The van der Waals surface area contributed by atoms with Gasteiger partial charge < -0.3 is 4.42 Å². The van der Waals surface area contributed by atoms with E-state index < -0.39 is 0 Å². The molecule has 1 heteroatoms. The Kier molecular flexibility index (Phi) is 5.17. The van der Waals surface area contributed by atoms with E-state index in [1.807, 2.05) is 0 Å². The second kappa shape index (κ2) is 9.88. The highest BCUT2D eigenvalue weighted by Crippen LogP contribution is 2.47. The summed E-state index contributed by atoms with van der Waals surface area (Å²) in [4.78, 5) is 0. The smallest absolute Gasteiger partial charge is 0.143 e. The summed E-state index contributed by atoms with van der Waals surface area (Å²) in [7, 11) is 0. The van der Waals surface area contributed by atoms with Crippen molar-refractivity contribution in [3.63, 3.8) is 0 Å². The summed E-state index contributed by atoms with van der Waals surface area (Å²) in [6, 6.07) is 63.3. The third kappa shape index (κ3) is 3.66. The van der Waals surface area contributed by atoms with Gasteiger partial charge >= 0.3 is 0 Å². The first-order valence-electron chi connectivity index (χ1n) is 18.4. The minimum absolute atomic E-state index is 0.920. The predicted molar refractivity (Wildman–Crippen MR) is 227 cm³/mol. The van der Waals surface area contributed by atoms with Crippen LogP contribution in [0.5, 0.6) is 0 Å². The number of benzene rings is 12. The van der Waals surface area contributed by atoms with Gasteiger partial charge in [-0.05, 0) is 133 Å². The van der Waals surface area contributed by atoms with Crippen LogP contribution in [0.3, 0.4) is 0 Å². The highest BCUT2D eigenvalue weighted by Gasteiger charge is 2.20. The Morgan fingerprint density at radius 1 is 0.264 bits per heavy atom. The molecular formula is C52H28O. The Morgan fingerprint density at radius 3 is 1.42 bits per heavy atom. The minimum Gasteiger partial charge on any atom is -0.455 e. The molecule has 0 atom stereocenters. The van der Waals surface area contributed by atoms with Crippen molar-refractivity contribution in [1.29, 1.82) is 0 Å². The van der Waals surface area contributed by atoms with Gasteiger partial charge in [0.15, 0.2) is 0 Å². The molecule has 0 fully saturated rings. The second-order valence-electron chi connectivity index (χ2n) is 14.8. The zero-order valence-corrected chi connectivity index (χ0v) is 28.6. The third-order valence-electron chi connectivity index (χ3n) is 12.1. The lowest BCUT2D eigenvalue weighted by atomic mass is 9.85. The quantitative estimate of drug-likeness (QED) is 0.167. The van der Waals surface area contributed by atoms with E-state index in [4.69, 9.17) is 4.42 Å². The molecule has 242 valence electrons. The summed E-state index contributed by atoms with van der Waals surface area (Å²) in [5.74, 6) is 0. The standard InChI is InChI=1S/C52H28O/c1-2-6-36-28-47-45(25-35(36)5-1)43-24-23-40-44(39-20-16-34-14-12-30-8-4-10-32-18-22-42(39)51(34)49(30)32)26-37(27-46(40)52(43)53-47)38-19-15-33-13-11-29-7-3-9-31-17-21-41(38)50(33)48(29)31/h1-28H. The summed E-state index contributed by atoms with van der Waals surface area (Å²) in [5, 5.41) is 22.6. The molecule has 0 aliphatic carbocycles. The van der Waals surface area contributed by atoms with Crippen LogP contribution in [0.15, 0.2) is 174 Å². The molecular weight excluding hydrogens is 641 g/mol. The van der Waals surface area contributed by atoms with Crippen molar-refractivity contribution in [2.24, 2.45) is 0 Å². The van der Waals surface area contributed by atoms with Gasteiger partial charge in [-0.1, -0.05) is 140 Å². The fourth-order valence-electron chi connectivity index (χ4n) is 9.69. The van der Waals surface area contributed by atoms with Crippen molar-refractivity contribution in [3.8, 4) is 22.3 Å². The molecule has 13 aromatic rings. The van der Waals surface area contributed by atoms with E-state index in [0.717, 1.165) is 27.3 Å². The number of hydrogen-bond acceptors (Lipinski definition) is 1. The van der Waals surface area contributed by atoms with E-state index in [1.54, 1.807) is 0 Å². The highest BCUT2D eigenvalue weighted by atomic mass is 16.3. The molecule has 53 heavy (non-hydrogen) atoms. The number of furan rings is 1. The molecule has 0 radical (unpaired) electrons. The van der Waals surface area contributed by atoms with Gasteiger partial charge in [-0.3, -0.25) is 0 Å². The summed E-state index contributed by atoms with van der Waals surface area (Å²) < 4.78 is 6.92. The Balaban J connectivity index is 1.18. The van der Waals surface area contributed by atoms with Crippen LogP contribution in [0.1, 0.15) is 0 Å². The Bertz CT molecular complexity index is 3640.